The van der Waals surface area contributed by atoms with Crippen LogP contribution in [0.3, 0.4) is 0 Å². The summed E-state index contributed by atoms with van der Waals surface area (Å²) in [6.07, 6.45) is 0. The summed E-state index contributed by atoms with van der Waals surface area (Å²) < 4.78 is 10.1. The van der Waals surface area contributed by atoms with Gasteiger partial charge < -0.3 is 20.1 Å². The molecule has 1 aromatic carbocycles. The van der Waals surface area contributed by atoms with Crippen LogP contribution in [0.1, 0.15) is 12.5 Å². The molecule has 0 saturated carbocycles. The van der Waals surface area contributed by atoms with Crippen molar-refractivity contribution in [3.05, 3.63) is 23.8 Å². The summed E-state index contributed by atoms with van der Waals surface area (Å²) in [5.74, 6) is 0.751. The quantitative estimate of drug-likeness (QED) is 0.786. The number of hydrogen-bond acceptors (Lipinski definition) is 4. The minimum absolute atomic E-state index is 0.0104. The lowest BCUT2D eigenvalue weighted by atomic mass is 10.2. The molecule has 0 saturated heterocycles. The third-order valence-corrected chi connectivity index (χ3v) is 2.70. The van der Waals surface area contributed by atoms with Gasteiger partial charge in [0.15, 0.2) is 0 Å². The summed E-state index contributed by atoms with van der Waals surface area (Å²) in [5.41, 5.74) is 1.97. The lowest BCUT2D eigenvalue weighted by molar-refractivity contribution is -0.120. The summed E-state index contributed by atoms with van der Waals surface area (Å²) in [5, 5.41) is 5.95. The average molecular weight is 266 g/mol. The zero-order chi connectivity index (χ0) is 14.3. The van der Waals surface area contributed by atoms with E-state index in [0.29, 0.717) is 6.61 Å². The Kier molecular flexibility index (Phi) is 6.15. The number of benzene rings is 1. The summed E-state index contributed by atoms with van der Waals surface area (Å²) in [6, 6.07) is 5.70. The van der Waals surface area contributed by atoms with Crippen LogP contribution in [-0.4, -0.2) is 39.3 Å². The first-order chi connectivity index (χ1) is 9.06. The Morgan fingerprint density at radius 2 is 2.11 bits per heavy atom. The number of amides is 1. The lowest BCUT2D eigenvalue weighted by Crippen LogP contribution is -2.39. The zero-order valence-electron chi connectivity index (χ0n) is 11.9. The lowest BCUT2D eigenvalue weighted by Gasteiger charge is -2.14. The van der Waals surface area contributed by atoms with Gasteiger partial charge in [-0.1, -0.05) is 0 Å². The van der Waals surface area contributed by atoms with E-state index in [-0.39, 0.29) is 18.5 Å². The summed E-state index contributed by atoms with van der Waals surface area (Å²) in [6.45, 7) is 4.62. The molecule has 1 aromatic rings. The van der Waals surface area contributed by atoms with Gasteiger partial charge in [-0.2, -0.15) is 0 Å². The predicted octanol–water partition coefficient (Wildman–Crippen LogP) is 1.57. The van der Waals surface area contributed by atoms with Crippen LogP contribution in [0.5, 0.6) is 5.75 Å². The molecule has 106 valence electrons. The molecule has 1 unspecified atom stereocenters. The van der Waals surface area contributed by atoms with Gasteiger partial charge in [-0.3, -0.25) is 4.79 Å². The number of hydrogen-bond donors (Lipinski definition) is 2. The Labute approximate surface area is 114 Å². The molecule has 19 heavy (non-hydrogen) atoms. The highest BCUT2D eigenvalue weighted by Crippen LogP contribution is 2.20. The van der Waals surface area contributed by atoms with Gasteiger partial charge in [-0.15, -0.1) is 0 Å². The number of methoxy groups -OCH3 is 2. The molecule has 0 spiro atoms. The molecule has 0 aliphatic rings. The molecule has 0 aromatic heterocycles. The second-order valence-electron chi connectivity index (χ2n) is 4.46. The molecule has 0 radical (unpaired) electrons. The standard InChI is InChI=1S/C14H22N2O3/c1-10-7-12(19-4)5-6-13(10)15-8-14(17)16-11(2)9-18-3/h5-7,11,15H,8-9H2,1-4H3,(H,16,17). The topological polar surface area (TPSA) is 59.6 Å². The van der Waals surface area contributed by atoms with Gasteiger partial charge in [-0.25, -0.2) is 0 Å². The molecule has 0 heterocycles. The van der Waals surface area contributed by atoms with Gasteiger partial charge in [0.05, 0.1) is 20.3 Å². The van der Waals surface area contributed by atoms with Gasteiger partial charge in [-0.05, 0) is 37.6 Å². The van der Waals surface area contributed by atoms with Gasteiger partial charge in [0, 0.05) is 18.8 Å². The number of carbonyl (C=O) groups is 1. The predicted molar refractivity (Wildman–Crippen MR) is 75.7 cm³/mol. The number of rotatable bonds is 7. The van der Waals surface area contributed by atoms with Crippen molar-refractivity contribution in [2.24, 2.45) is 0 Å². The van der Waals surface area contributed by atoms with Crippen LogP contribution in [0, 0.1) is 6.92 Å². The maximum Gasteiger partial charge on any atom is 0.239 e. The van der Waals surface area contributed by atoms with Crippen LogP contribution < -0.4 is 15.4 Å². The summed E-state index contributed by atoms with van der Waals surface area (Å²) >= 11 is 0. The van der Waals surface area contributed by atoms with Crippen molar-refractivity contribution in [2.45, 2.75) is 19.9 Å². The van der Waals surface area contributed by atoms with Crippen LogP contribution >= 0.6 is 0 Å². The molecule has 0 aliphatic heterocycles. The molecular weight excluding hydrogens is 244 g/mol. The van der Waals surface area contributed by atoms with E-state index in [2.05, 4.69) is 10.6 Å². The number of aryl methyl sites for hydroxylation is 1. The number of carbonyl (C=O) groups excluding carboxylic acids is 1. The van der Waals surface area contributed by atoms with E-state index in [1.54, 1.807) is 14.2 Å². The van der Waals surface area contributed by atoms with Crippen molar-refractivity contribution in [1.82, 2.24) is 5.32 Å². The number of ether oxygens (including phenoxy) is 2. The monoisotopic (exact) mass is 266 g/mol. The molecular formula is C14H22N2O3. The summed E-state index contributed by atoms with van der Waals surface area (Å²) in [4.78, 5) is 11.7. The fourth-order valence-electron chi connectivity index (χ4n) is 1.75. The second kappa shape index (κ2) is 7.63. The highest BCUT2D eigenvalue weighted by atomic mass is 16.5. The highest BCUT2D eigenvalue weighted by molar-refractivity contribution is 5.81. The van der Waals surface area contributed by atoms with Crippen molar-refractivity contribution < 1.29 is 14.3 Å². The first-order valence-electron chi connectivity index (χ1n) is 6.23. The highest BCUT2D eigenvalue weighted by Gasteiger charge is 2.07. The fraction of sp³-hybridized carbons (Fsp3) is 0.500. The Morgan fingerprint density at radius 3 is 2.68 bits per heavy atom. The van der Waals surface area contributed by atoms with Crippen LogP contribution in [0.25, 0.3) is 0 Å². The Hall–Kier alpha value is -1.75. The molecule has 0 bridgehead atoms. The summed E-state index contributed by atoms with van der Waals surface area (Å²) in [7, 11) is 3.24. The SMILES string of the molecule is COCC(C)NC(=O)CNc1ccc(OC)cc1C. The smallest absolute Gasteiger partial charge is 0.239 e. The first kappa shape index (κ1) is 15.3. The maximum absolute atomic E-state index is 11.7. The Balaban J connectivity index is 2.46. The van der Waals surface area contributed by atoms with E-state index in [1.807, 2.05) is 32.0 Å². The van der Waals surface area contributed by atoms with Crippen molar-refractivity contribution >= 4 is 11.6 Å². The van der Waals surface area contributed by atoms with Gasteiger partial charge in [0.1, 0.15) is 5.75 Å². The van der Waals surface area contributed by atoms with Crippen molar-refractivity contribution in [2.75, 3.05) is 32.7 Å². The molecule has 5 heteroatoms. The van der Waals surface area contributed by atoms with Gasteiger partial charge in [0.2, 0.25) is 5.91 Å². The molecule has 1 rings (SSSR count). The molecule has 5 nitrogen and oxygen atoms in total. The molecule has 0 fully saturated rings. The molecule has 1 atom stereocenters. The van der Waals surface area contributed by atoms with E-state index < -0.39 is 0 Å². The largest absolute Gasteiger partial charge is 0.497 e. The van der Waals surface area contributed by atoms with Crippen LogP contribution in [0.15, 0.2) is 18.2 Å². The fourth-order valence-corrected chi connectivity index (χ4v) is 1.75. The van der Waals surface area contributed by atoms with E-state index in [0.717, 1.165) is 17.0 Å². The van der Waals surface area contributed by atoms with Gasteiger partial charge in [0.25, 0.3) is 0 Å². The van der Waals surface area contributed by atoms with Crippen molar-refractivity contribution in [3.8, 4) is 5.75 Å². The van der Waals surface area contributed by atoms with Crippen LogP contribution in [-0.2, 0) is 9.53 Å². The van der Waals surface area contributed by atoms with Crippen LogP contribution in [0.4, 0.5) is 5.69 Å². The third-order valence-electron chi connectivity index (χ3n) is 2.70. The second-order valence-corrected chi connectivity index (χ2v) is 4.46. The Bertz CT molecular complexity index is 421. The first-order valence-corrected chi connectivity index (χ1v) is 6.23. The maximum atomic E-state index is 11.7. The zero-order valence-corrected chi connectivity index (χ0v) is 11.9. The minimum atomic E-state index is -0.0558. The molecule has 0 aliphatic carbocycles. The van der Waals surface area contributed by atoms with E-state index in [1.165, 1.54) is 0 Å². The average Bonchev–Trinajstić information content (AvgIpc) is 2.37. The van der Waals surface area contributed by atoms with E-state index in [4.69, 9.17) is 9.47 Å². The van der Waals surface area contributed by atoms with Gasteiger partial charge >= 0.3 is 0 Å². The third kappa shape index (κ3) is 5.18. The van der Waals surface area contributed by atoms with Crippen molar-refractivity contribution in [3.63, 3.8) is 0 Å². The van der Waals surface area contributed by atoms with E-state index >= 15 is 0 Å². The minimum Gasteiger partial charge on any atom is -0.497 e. The Morgan fingerprint density at radius 1 is 1.37 bits per heavy atom. The van der Waals surface area contributed by atoms with Crippen molar-refractivity contribution in [1.29, 1.82) is 0 Å². The van der Waals surface area contributed by atoms with Crippen LogP contribution in [0.2, 0.25) is 0 Å². The number of nitrogens with one attached hydrogen (secondary N) is 2. The number of anilines is 1. The molecule has 2 N–H and O–H groups in total. The van der Waals surface area contributed by atoms with E-state index in [9.17, 15) is 4.79 Å². The normalized spacial score (nSPS) is 11.8. The molecule has 1 amide bonds.